The van der Waals surface area contributed by atoms with E-state index in [9.17, 15) is 4.79 Å². The number of aromatic nitrogens is 4. The van der Waals surface area contributed by atoms with E-state index in [4.69, 9.17) is 4.98 Å². The molecule has 32 heavy (non-hydrogen) atoms. The quantitative estimate of drug-likeness (QED) is 0.343. The van der Waals surface area contributed by atoms with E-state index in [-0.39, 0.29) is 11.8 Å². The molecule has 0 radical (unpaired) electrons. The molecule has 0 fully saturated rings. The summed E-state index contributed by atoms with van der Waals surface area (Å²) in [6, 6.07) is 9.82. The fraction of sp³-hybridized carbons (Fsp3) is 0.208. The summed E-state index contributed by atoms with van der Waals surface area (Å²) in [5, 5.41) is 11.8. The largest absolute Gasteiger partial charge is 0.368 e. The second kappa shape index (κ2) is 8.63. The third-order valence-corrected chi connectivity index (χ3v) is 6.31. The van der Waals surface area contributed by atoms with Crippen molar-refractivity contribution >= 4 is 44.2 Å². The van der Waals surface area contributed by atoms with Crippen molar-refractivity contribution in [3.63, 3.8) is 0 Å². The summed E-state index contributed by atoms with van der Waals surface area (Å²) >= 11 is 3.55. The molecule has 0 bridgehead atoms. The molecule has 162 valence electrons. The van der Waals surface area contributed by atoms with E-state index in [1.807, 2.05) is 30.3 Å². The number of fused-ring (bicyclic) bond motifs is 2. The Bertz CT molecular complexity index is 1350. The van der Waals surface area contributed by atoms with Crippen LogP contribution < -0.4 is 10.6 Å². The van der Waals surface area contributed by atoms with Gasteiger partial charge in [-0.1, -0.05) is 49.4 Å². The summed E-state index contributed by atoms with van der Waals surface area (Å²) in [6.07, 6.45) is 12.0. The van der Waals surface area contributed by atoms with Crippen LogP contribution in [-0.2, 0) is 0 Å². The van der Waals surface area contributed by atoms with Crippen molar-refractivity contribution in [2.45, 2.75) is 12.8 Å². The molecule has 1 aliphatic rings. The molecule has 2 unspecified atom stereocenters. The van der Waals surface area contributed by atoms with E-state index in [1.165, 1.54) is 0 Å². The van der Waals surface area contributed by atoms with Gasteiger partial charge < -0.3 is 15.6 Å². The highest BCUT2D eigenvalue weighted by Gasteiger charge is 2.21. The highest BCUT2D eigenvalue weighted by molar-refractivity contribution is 9.10. The van der Waals surface area contributed by atoms with Gasteiger partial charge in [0.1, 0.15) is 5.82 Å². The number of carbonyl (C=O) groups is 1. The Labute approximate surface area is 193 Å². The predicted octanol–water partition coefficient (Wildman–Crippen LogP) is 4.66. The molecule has 4 aromatic rings. The lowest BCUT2D eigenvalue weighted by molar-refractivity contribution is 0.0957. The van der Waals surface area contributed by atoms with E-state index in [1.54, 1.807) is 16.9 Å². The first-order valence-corrected chi connectivity index (χ1v) is 11.4. The number of halogens is 1. The minimum atomic E-state index is -0.0976. The molecule has 1 aliphatic carbocycles. The van der Waals surface area contributed by atoms with Gasteiger partial charge in [-0.3, -0.25) is 4.79 Å². The number of rotatable bonds is 6. The molecule has 0 saturated carbocycles. The molecule has 3 aromatic heterocycles. The molecular formula is C24H23BrN6O. The molecule has 0 spiro atoms. The molecular weight excluding hydrogens is 468 g/mol. The van der Waals surface area contributed by atoms with E-state index < -0.39 is 0 Å². The molecule has 8 heteroatoms. The van der Waals surface area contributed by atoms with Crippen molar-refractivity contribution in [2.24, 2.45) is 5.92 Å². The summed E-state index contributed by atoms with van der Waals surface area (Å²) in [5.41, 5.74) is 3.35. The summed E-state index contributed by atoms with van der Waals surface area (Å²) in [6.45, 7) is 3.22. The van der Waals surface area contributed by atoms with Gasteiger partial charge in [0, 0.05) is 42.2 Å². The Balaban J connectivity index is 1.30. The molecule has 1 aromatic carbocycles. The number of para-hydroxylation sites is 1. The number of hydrogen-bond acceptors (Lipinski definition) is 4. The van der Waals surface area contributed by atoms with Crippen LogP contribution in [0.5, 0.6) is 0 Å². The zero-order valence-corrected chi connectivity index (χ0v) is 19.1. The van der Waals surface area contributed by atoms with Crippen LogP contribution in [0.15, 0.2) is 71.5 Å². The average molecular weight is 491 g/mol. The van der Waals surface area contributed by atoms with Crippen LogP contribution >= 0.6 is 15.9 Å². The normalized spacial score (nSPS) is 17.8. The van der Waals surface area contributed by atoms with E-state index in [0.717, 1.165) is 32.5 Å². The lowest BCUT2D eigenvalue weighted by Gasteiger charge is -2.21. The third kappa shape index (κ3) is 3.82. The van der Waals surface area contributed by atoms with Crippen LogP contribution in [0.3, 0.4) is 0 Å². The summed E-state index contributed by atoms with van der Waals surface area (Å²) < 4.78 is 2.63. The number of H-pyrrole nitrogens is 1. The van der Waals surface area contributed by atoms with Gasteiger partial charge in [-0.25, -0.2) is 4.98 Å². The maximum absolute atomic E-state index is 12.6. The second-order valence-corrected chi connectivity index (χ2v) is 8.73. The highest BCUT2D eigenvalue weighted by atomic mass is 79.9. The summed E-state index contributed by atoms with van der Waals surface area (Å²) in [5.74, 6) is 1.31. The zero-order valence-electron chi connectivity index (χ0n) is 17.5. The first kappa shape index (κ1) is 20.5. The zero-order chi connectivity index (χ0) is 22.1. The number of hydrogen-bond donors (Lipinski definition) is 3. The number of carbonyl (C=O) groups excluding carboxylic acids is 1. The first-order chi connectivity index (χ1) is 15.6. The average Bonchev–Trinajstić information content (AvgIpc) is 3.41. The number of benzene rings is 1. The minimum Gasteiger partial charge on any atom is -0.368 e. The number of anilines is 1. The van der Waals surface area contributed by atoms with Crippen molar-refractivity contribution in [2.75, 3.05) is 18.4 Å². The van der Waals surface area contributed by atoms with Gasteiger partial charge in [0.15, 0.2) is 5.65 Å². The molecule has 3 heterocycles. The van der Waals surface area contributed by atoms with Crippen molar-refractivity contribution in [3.05, 3.63) is 82.8 Å². The summed E-state index contributed by atoms with van der Waals surface area (Å²) in [7, 11) is 0. The van der Waals surface area contributed by atoms with Gasteiger partial charge in [-0.05, 0) is 27.9 Å². The fourth-order valence-electron chi connectivity index (χ4n) is 4.06. The standard InChI is InChI=1S/C24H23BrN6O/c1-15-6-2-3-7-16(15)21-12-22(31-23(30-21)19(25)14-29-31)26-10-11-27-24(32)18-13-28-20-9-5-4-8-17(18)20/h2-9,12-16,26,28H,10-11H2,1H3,(H,27,32). The van der Waals surface area contributed by atoms with E-state index >= 15 is 0 Å². The highest BCUT2D eigenvalue weighted by Crippen LogP contribution is 2.31. The van der Waals surface area contributed by atoms with Crippen molar-refractivity contribution in [3.8, 4) is 0 Å². The molecule has 0 saturated heterocycles. The van der Waals surface area contributed by atoms with Crippen molar-refractivity contribution < 1.29 is 4.79 Å². The maximum atomic E-state index is 12.6. The molecule has 0 aliphatic heterocycles. The van der Waals surface area contributed by atoms with Gasteiger partial charge in [0.2, 0.25) is 0 Å². The Morgan fingerprint density at radius 1 is 1.22 bits per heavy atom. The number of aromatic amines is 1. The second-order valence-electron chi connectivity index (χ2n) is 7.88. The van der Waals surface area contributed by atoms with Crippen molar-refractivity contribution in [1.82, 2.24) is 24.9 Å². The number of nitrogens with one attached hydrogen (secondary N) is 3. The predicted molar refractivity (Wildman–Crippen MR) is 130 cm³/mol. The minimum absolute atomic E-state index is 0.0976. The number of nitrogens with zero attached hydrogens (tertiary/aromatic N) is 3. The lowest BCUT2D eigenvalue weighted by atomic mass is 9.87. The van der Waals surface area contributed by atoms with Crippen LogP contribution in [-0.4, -0.2) is 38.6 Å². The molecule has 7 nitrogen and oxygen atoms in total. The van der Waals surface area contributed by atoms with Gasteiger partial charge in [0.25, 0.3) is 5.91 Å². The van der Waals surface area contributed by atoms with Crippen LogP contribution in [0.2, 0.25) is 0 Å². The summed E-state index contributed by atoms with van der Waals surface area (Å²) in [4.78, 5) is 20.6. The third-order valence-electron chi connectivity index (χ3n) is 5.75. The Morgan fingerprint density at radius 2 is 2.06 bits per heavy atom. The van der Waals surface area contributed by atoms with Crippen LogP contribution in [0, 0.1) is 5.92 Å². The SMILES string of the molecule is CC1C=CC=CC1c1cc(NCCNC(=O)c2c[nH]c3ccccc23)n2ncc(Br)c2n1. The monoisotopic (exact) mass is 490 g/mol. The lowest BCUT2D eigenvalue weighted by Crippen LogP contribution is -2.29. The topological polar surface area (TPSA) is 87.1 Å². The van der Waals surface area contributed by atoms with Crippen molar-refractivity contribution in [1.29, 1.82) is 0 Å². The van der Waals surface area contributed by atoms with Gasteiger partial charge in [-0.2, -0.15) is 9.61 Å². The smallest absolute Gasteiger partial charge is 0.253 e. The Kier molecular flexibility index (Phi) is 5.53. The maximum Gasteiger partial charge on any atom is 0.253 e. The molecule has 2 atom stereocenters. The van der Waals surface area contributed by atoms with E-state index in [2.05, 4.69) is 67.9 Å². The van der Waals surface area contributed by atoms with Crippen LogP contribution in [0.1, 0.15) is 28.9 Å². The number of amides is 1. The number of allylic oxidation sites excluding steroid dienone is 4. The van der Waals surface area contributed by atoms with Gasteiger partial charge in [-0.15, -0.1) is 0 Å². The van der Waals surface area contributed by atoms with Gasteiger partial charge in [0.05, 0.1) is 21.9 Å². The molecule has 1 amide bonds. The Morgan fingerprint density at radius 3 is 2.94 bits per heavy atom. The molecule has 3 N–H and O–H groups in total. The van der Waals surface area contributed by atoms with E-state index in [0.29, 0.717) is 24.6 Å². The van der Waals surface area contributed by atoms with Crippen LogP contribution in [0.4, 0.5) is 5.82 Å². The van der Waals surface area contributed by atoms with Gasteiger partial charge >= 0.3 is 0 Å². The van der Waals surface area contributed by atoms with Crippen LogP contribution in [0.25, 0.3) is 16.6 Å². The Hall–Kier alpha value is -3.39. The fourth-order valence-corrected chi connectivity index (χ4v) is 4.41. The molecule has 5 rings (SSSR count). The first-order valence-electron chi connectivity index (χ1n) is 10.6.